The molecule has 1 fully saturated rings. The lowest BCUT2D eigenvalue weighted by atomic mass is 9.99. The van der Waals surface area contributed by atoms with Crippen molar-refractivity contribution < 1.29 is 9.90 Å². The maximum absolute atomic E-state index is 12.6. The molecule has 0 spiro atoms. The average molecular weight is 349 g/mol. The Morgan fingerprint density at radius 1 is 1.15 bits per heavy atom. The highest BCUT2D eigenvalue weighted by Crippen LogP contribution is 2.40. The molecule has 0 saturated heterocycles. The van der Waals surface area contributed by atoms with Gasteiger partial charge < -0.3 is 10.4 Å². The summed E-state index contributed by atoms with van der Waals surface area (Å²) in [6.45, 7) is 9.44. The molecule has 26 heavy (non-hydrogen) atoms. The molecule has 0 atom stereocenters. The smallest absolute Gasteiger partial charge is 0.256 e. The van der Waals surface area contributed by atoms with Crippen LogP contribution in [0.15, 0.2) is 55.1 Å². The molecule has 2 N–H and O–H groups in total. The Hall–Kier alpha value is -2.81. The third-order valence-electron chi connectivity index (χ3n) is 4.35. The molecule has 1 aliphatic rings. The van der Waals surface area contributed by atoms with Crippen LogP contribution in [0.4, 0.5) is 5.69 Å². The van der Waals surface area contributed by atoms with Gasteiger partial charge in [-0.2, -0.15) is 0 Å². The first kappa shape index (κ1) is 19.5. The predicted molar refractivity (Wildman–Crippen MR) is 110 cm³/mol. The zero-order chi connectivity index (χ0) is 19.1. The van der Waals surface area contributed by atoms with E-state index in [0.717, 1.165) is 5.69 Å². The lowest BCUT2D eigenvalue weighted by Crippen LogP contribution is -2.14. The molecule has 1 amide bonds. The minimum absolute atomic E-state index is 0.170. The highest BCUT2D eigenvalue weighted by molar-refractivity contribution is 6.07. The van der Waals surface area contributed by atoms with Gasteiger partial charge >= 0.3 is 0 Å². The zero-order valence-corrected chi connectivity index (χ0v) is 15.8. The van der Waals surface area contributed by atoms with E-state index in [0.29, 0.717) is 22.6 Å². The number of hydrogen-bond donors (Lipinski definition) is 2. The van der Waals surface area contributed by atoms with Gasteiger partial charge in [0.15, 0.2) is 0 Å². The fourth-order valence-electron chi connectivity index (χ4n) is 2.75. The summed E-state index contributed by atoms with van der Waals surface area (Å²) >= 11 is 0. The molecule has 2 aromatic rings. The number of amides is 1. The van der Waals surface area contributed by atoms with Crippen molar-refractivity contribution in [2.24, 2.45) is 0 Å². The molecule has 0 radical (unpaired) electrons. The van der Waals surface area contributed by atoms with Crippen molar-refractivity contribution in [3.05, 3.63) is 77.4 Å². The summed E-state index contributed by atoms with van der Waals surface area (Å²) in [6, 6.07) is 11.2. The van der Waals surface area contributed by atoms with Gasteiger partial charge in [0.05, 0.1) is 0 Å². The van der Waals surface area contributed by atoms with Crippen molar-refractivity contribution >= 4 is 17.7 Å². The van der Waals surface area contributed by atoms with Gasteiger partial charge in [0.2, 0.25) is 0 Å². The number of phenols is 1. The molecule has 1 saturated carbocycles. The molecule has 0 bridgehead atoms. The number of anilines is 1. The van der Waals surface area contributed by atoms with Gasteiger partial charge in [-0.05, 0) is 66.6 Å². The number of aromatic hydroxyl groups is 1. The maximum Gasteiger partial charge on any atom is 0.256 e. The number of carbonyl (C=O) groups is 1. The van der Waals surface area contributed by atoms with Gasteiger partial charge in [0.25, 0.3) is 5.91 Å². The van der Waals surface area contributed by atoms with Crippen molar-refractivity contribution in [3.8, 4) is 5.75 Å². The topological polar surface area (TPSA) is 49.3 Å². The Morgan fingerprint density at radius 2 is 1.81 bits per heavy atom. The second kappa shape index (κ2) is 9.04. The molecular formula is C23H27NO2. The van der Waals surface area contributed by atoms with Crippen LogP contribution in [-0.4, -0.2) is 11.0 Å². The molecule has 0 heterocycles. The molecule has 0 unspecified atom stereocenters. The summed E-state index contributed by atoms with van der Waals surface area (Å²) in [6.07, 6.45) is 7.70. The van der Waals surface area contributed by atoms with Gasteiger partial charge in [-0.3, -0.25) is 4.79 Å². The van der Waals surface area contributed by atoms with E-state index in [2.05, 4.69) is 24.0 Å². The van der Waals surface area contributed by atoms with Crippen LogP contribution in [0.5, 0.6) is 5.75 Å². The number of benzene rings is 2. The van der Waals surface area contributed by atoms with Gasteiger partial charge in [0, 0.05) is 11.3 Å². The molecular weight excluding hydrogens is 322 g/mol. The summed E-state index contributed by atoms with van der Waals surface area (Å²) in [4.78, 5) is 12.6. The molecule has 3 rings (SSSR count). The lowest BCUT2D eigenvalue weighted by Gasteiger charge is -2.12. The standard InChI is InChI=1S/C21H21NO2.C2H6/c1-3-4-5-18-14(2)20(23)13-12-19(18)21(24)22-17-10-8-16(9-11-17)15-6-7-15;1-2/h3-5,8-13,15,23H,1,6-7H2,2H3,(H,22,24);1-2H3/b5-4-;. The number of rotatable bonds is 5. The zero-order valence-electron chi connectivity index (χ0n) is 15.8. The largest absolute Gasteiger partial charge is 0.508 e. The number of phenolic OH excluding ortho intramolecular Hbond substituents is 1. The van der Waals surface area contributed by atoms with E-state index in [1.807, 2.05) is 26.0 Å². The molecule has 136 valence electrons. The van der Waals surface area contributed by atoms with Gasteiger partial charge in [0.1, 0.15) is 5.75 Å². The van der Waals surface area contributed by atoms with Crippen LogP contribution < -0.4 is 5.32 Å². The summed E-state index contributed by atoms with van der Waals surface area (Å²) in [5.74, 6) is 0.676. The van der Waals surface area contributed by atoms with E-state index in [1.54, 1.807) is 37.3 Å². The summed E-state index contributed by atoms with van der Waals surface area (Å²) in [5, 5.41) is 12.8. The van der Waals surface area contributed by atoms with E-state index in [4.69, 9.17) is 0 Å². The van der Waals surface area contributed by atoms with Gasteiger partial charge in [-0.15, -0.1) is 0 Å². The van der Waals surface area contributed by atoms with E-state index >= 15 is 0 Å². The second-order valence-corrected chi connectivity index (χ2v) is 6.12. The first-order chi connectivity index (χ1) is 12.6. The van der Waals surface area contributed by atoms with E-state index < -0.39 is 0 Å². The average Bonchev–Trinajstić information content (AvgIpc) is 3.50. The first-order valence-electron chi connectivity index (χ1n) is 9.13. The molecule has 3 nitrogen and oxygen atoms in total. The Morgan fingerprint density at radius 3 is 2.38 bits per heavy atom. The minimum Gasteiger partial charge on any atom is -0.508 e. The summed E-state index contributed by atoms with van der Waals surface area (Å²) < 4.78 is 0. The SMILES string of the molecule is C=C/C=C\c1c(C(=O)Nc2ccc(C3CC3)cc2)ccc(O)c1C.CC. The Balaban J connectivity index is 0.00000117. The van der Waals surface area contributed by atoms with Crippen LogP contribution >= 0.6 is 0 Å². The van der Waals surface area contributed by atoms with E-state index in [1.165, 1.54) is 18.4 Å². The summed E-state index contributed by atoms with van der Waals surface area (Å²) in [5.41, 5.74) is 4.00. The van der Waals surface area contributed by atoms with Crippen molar-refractivity contribution in [3.63, 3.8) is 0 Å². The number of allylic oxidation sites excluding steroid dienone is 2. The van der Waals surface area contributed by atoms with Crippen LogP contribution in [-0.2, 0) is 0 Å². The minimum atomic E-state index is -0.194. The van der Waals surface area contributed by atoms with E-state index in [9.17, 15) is 9.90 Å². The van der Waals surface area contributed by atoms with Crippen LogP contribution in [0.1, 0.15) is 59.7 Å². The third kappa shape index (κ3) is 4.63. The molecule has 3 heteroatoms. The quantitative estimate of drug-likeness (QED) is 0.645. The first-order valence-corrected chi connectivity index (χ1v) is 9.13. The number of hydrogen-bond acceptors (Lipinski definition) is 2. The van der Waals surface area contributed by atoms with Gasteiger partial charge in [-0.1, -0.05) is 50.8 Å². The van der Waals surface area contributed by atoms with Crippen molar-refractivity contribution in [2.45, 2.75) is 39.5 Å². The van der Waals surface area contributed by atoms with Crippen molar-refractivity contribution in [1.29, 1.82) is 0 Å². The Bertz CT molecular complexity index is 800. The highest BCUT2D eigenvalue weighted by atomic mass is 16.3. The highest BCUT2D eigenvalue weighted by Gasteiger charge is 2.23. The molecule has 2 aromatic carbocycles. The van der Waals surface area contributed by atoms with Crippen LogP contribution in [0.2, 0.25) is 0 Å². The normalized spacial score (nSPS) is 13.0. The second-order valence-electron chi connectivity index (χ2n) is 6.12. The summed E-state index contributed by atoms with van der Waals surface area (Å²) in [7, 11) is 0. The van der Waals surface area contributed by atoms with E-state index in [-0.39, 0.29) is 11.7 Å². The van der Waals surface area contributed by atoms with Crippen molar-refractivity contribution in [2.75, 3.05) is 5.32 Å². The lowest BCUT2D eigenvalue weighted by molar-refractivity contribution is 0.102. The van der Waals surface area contributed by atoms with Crippen LogP contribution in [0.25, 0.3) is 6.08 Å². The number of carbonyl (C=O) groups excluding carboxylic acids is 1. The fourth-order valence-corrected chi connectivity index (χ4v) is 2.75. The predicted octanol–water partition coefficient (Wildman–Crippen LogP) is 6.06. The molecule has 0 aliphatic heterocycles. The Labute approximate surface area is 156 Å². The van der Waals surface area contributed by atoms with Crippen LogP contribution in [0.3, 0.4) is 0 Å². The van der Waals surface area contributed by atoms with Gasteiger partial charge in [-0.25, -0.2) is 0 Å². The molecule has 0 aromatic heterocycles. The monoisotopic (exact) mass is 349 g/mol. The van der Waals surface area contributed by atoms with Crippen LogP contribution in [0, 0.1) is 6.92 Å². The maximum atomic E-state index is 12.6. The number of nitrogens with one attached hydrogen (secondary N) is 1. The Kier molecular flexibility index (Phi) is 6.79. The fraction of sp³-hybridized carbons (Fsp3) is 0.261. The van der Waals surface area contributed by atoms with Crippen molar-refractivity contribution in [1.82, 2.24) is 0 Å². The third-order valence-corrected chi connectivity index (χ3v) is 4.35. The molecule has 1 aliphatic carbocycles.